The molecule has 0 aromatic heterocycles. The molecule has 2 amide bonds. The van der Waals surface area contributed by atoms with Crippen LogP contribution in [-0.2, 0) is 25.7 Å². The van der Waals surface area contributed by atoms with E-state index in [9.17, 15) is 14.4 Å². The number of hydrogen-bond donors (Lipinski definition) is 2. The predicted octanol–water partition coefficient (Wildman–Crippen LogP) is 2.66. The molecule has 146 valence electrons. The molecule has 1 aromatic carbocycles. The number of amides is 2. The van der Waals surface area contributed by atoms with Crippen LogP contribution in [0.1, 0.15) is 39.7 Å². The molecule has 7 heteroatoms. The summed E-state index contributed by atoms with van der Waals surface area (Å²) in [6.07, 6.45) is 0.937. The van der Waals surface area contributed by atoms with Gasteiger partial charge in [0, 0.05) is 18.0 Å². The number of carbonyl (C=O) groups excluding carboxylic acids is 3. The van der Waals surface area contributed by atoms with Crippen molar-refractivity contribution in [3.8, 4) is 0 Å². The van der Waals surface area contributed by atoms with Gasteiger partial charge in [0.2, 0.25) is 5.91 Å². The zero-order valence-electron chi connectivity index (χ0n) is 16.1. The molecule has 0 spiro atoms. The van der Waals surface area contributed by atoms with Gasteiger partial charge in [0.05, 0.1) is 0 Å². The molecular weight excluding hydrogens is 348 g/mol. The lowest BCUT2D eigenvalue weighted by Crippen LogP contribution is -2.48. The molecule has 2 rings (SSSR count). The van der Waals surface area contributed by atoms with Gasteiger partial charge in [0.25, 0.3) is 0 Å². The second-order valence-corrected chi connectivity index (χ2v) is 7.51. The zero-order valence-corrected chi connectivity index (χ0v) is 16.1. The third-order valence-electron chi connectivity index (χ3n) is 4.01. The first kappa shape index (κ1) is 20.5. The summed E-state index contributed by atoms with van der Waals surface area (Å²) in [5, 5.41) is 5.32. The normalized spacial score (nSPS) is 16.8. The second-order valence-electron chi connectivity index (χ2n) is 7.51. The van der Waals surface area contributed by atoms with Gasteiger partial charge in [-0.3, -0.25) is 4.79 Å². The van der Waals surface area contributed by atoms with E-state index < -0.39 is 23.6 Å². The highest BCUT2D eigenvalue weighted by Crippen LogP contribution is 2.22. The third kappa shape index (κ3) is 6.44. The standard InChI is InChI=1S/C20H26N2O5/c1-13(2)17(21-19(25)26-12-14-8-6-5-7-9-14)18(24)27-15-10-16(23)22-20(3,4)11-15/h5-10,13,17H,11-12H2,1-4H3,(H,21,25)(H,22,23)/t17-/m0/s1. The summed E-state index contributed by atoms with van der Waals surface area (Å²) in [7, 11) is 0. The number of rotatable bonds is 6. The van der Waals surface area contributed by atoms with Gasteiger partial charge < -0.3 is 20.1 Å². The van der Waals surface area contributed by atoms with Crippen molar-refractivity contribution < 1.29 is 23.9 Å². The van der Waals surface area contributed by atoms with Crippen molar-refractivity contribution >= 4 is 18.0 Å². The molecule has 0 radical (unpaired) electrons. The summed E-state index contributed by atoms with van der Waals surface area (Å²) < 4.78 is 10.5. The van der Waals surface area contributed by atoms with Crippen LogP contribution >= 0.6 is 0 Å². The summed E-state index contributed by atoms with van der Waals surface area (Å²) in [4.78, 5) is 36.3. The fourth-order valence-corrected chi connectivity index (χ4v) is 2.69. The van der Waals surface area contributed by atoms with Crippen molar-refractivity contribution in [1.82, 2.24) is 10.6 Å². The van der Waals surface area contributed by atoms with E-state index in [2.05, 4.69) is 10.6 Å². The van der Waals surface area contributed by atoms with Crippen molar-refractivity contribution in [3.63, 3.8) is 0 Å². The maximum atomic E-state index is 12.5. The molecule has 0 saturated carbocycles. The van der Waals surface area contributed by atoms with E-state index in [0.717, 1.165) is 5.56 Å². The Bertz CT molecular complexity index is 725. The van der Waals surface area contributed by atoms with Crippen LogP contribution in [0.3, 0.4) is 0 Å². The number of esters is 1. The minimum Gasteiger partial charge on any atom is -0.445 e. The number of nitrogens with one attached hydrogen (secondary N) is 2. The maximum Gasteiger partial charge on any atom is 0.408 e. The highest BCUT2D eigenvalue weighted by molar-refractivity contribution is 5.90. The fraction of sp³-hybridized carbons (Fsp3) is 0.450. The average Bonchev–Trinajstić information content (AvgIpc) is 2.56. The van der Waals surface area contributed by atoms with E-state index in [1.54, 1.807) is 13.8 Å². The van der Waals surface area contributed by atoms with Crippen molar-refractivity contribution in [3.05, 3.63) is 47.7 Å². The molecule has 0 aliphatic carbocycles. The lowest BCUT2D eigenvalue weighted by atomic mass is 9.96. The predicted molar refractivity (Wildman–Crippen MR) is 99.4 cm³/mol. The van der Waals surface area contributed by atoms with Crippen molar-refractivity contribution in [2.45, 2.75) is 52.3 Å². The van der Waals surface area contributed by atoms with Crippen molar-refractivity contribution in [2.24, 2.45) is 5.92 Å². The zero-order chi connectivity index (χ0) is 20.0. The third-order valence-corrected chi connectivity index (χ3v) is 4.01. The molecule has 1 aromatic rings. The van der Waals surface area contributed by atoms with Gasteiger partial charge in [-0.25, -0.2) is 9.59 Å². The van der Waals surface area contributed by atoms with Crippen LogP contribution in [0.4, 0.5) is 4.79 Å². The van der Waals surface area contributed by atoms with Crippen LogP contribution in [0.25, 0.3) is 0 Å². The Morgan fingerprint density at radius 2 is 1.89 bits per heavy atom. The topological polar surface area (TPSA) is 93.7 Å². The first-order valence-electron chi connectivity index (χ1n) is 8.88. The molecular formula is C20H26N2O5. The van der Waals surface area contributed by atoms with E-state index in [0.29, 0.717) is 6.42 Å². The summed E-state index contributed by atoms with van der Waals surface area (Å²) in [6.45, 7) is 7.35. The first-order chi connectivity index (χ1) is 12.7. The minimum atomic E-state index is -0.887. The lowest BCUT2D eigenvalue weighted by molar-refractivity contribution is -0.143. The molecule has 7 nitrogen and oxygen atoms in total. The lowest BCUT2D eigenvalue weighted by Gasteiger charge is -2.31. The Labute approximate surface area is 159 Å². The Hall–Kier alpha value is -2.83. The molecule has 1 atom stereocenters. The minimum absolute atomic E-state index is 0.103. The Morgan fingerprint density at radius 3 is 2.48 bits per heavy atom. The van der Waals surface area contributed by atoms with Crippen molar-refractivity contribution in [1.29, 1.82) is 0 Å². The summed E-state index contributed by atoms with van der Waals surface area (Å²) in [5.41, 5.74) is 0.341. The van der Waals surface area contributed by atoms with Gasteiger partial charge >= 0.3 is 12.1 Å². The number of ether oxygens (including phenoxy) is 2. The highest BCUT2D eigenvalue weighted by atomic mass is 16.6. The van der Waals surface area contributed by atoms with Crippen LogP contribution in [-0.4, -0.2) is 29.6 Å². The molecule has 0 saturated heterocycles. The van der Waals surface area contributed by atoms with Crippen LogP contribution < -0.4 is 10.6 Å². The van der Waals surface area contributed by atoms with E-state index in [1.165, 1.54) is 6.08 Å². The van der Waals surface area contributed by atoms with Crippen LogP contribution in [0, 0.1) is 5.92 Å². The Morgan fingerprint density at radius 1 is 1.22 bits per heavy atom. The van der Waals surface area contributed by atoms with Crippen LogP contribution in [0.5, 0.6) is 0 Å². The molecule has 1 heterocycles. The maximum absolute atomic E-state index is 12.5. The molecule has 0 fully saturated rings. The number of alkyl carbamates (subject to hydrolysis) is 1. The Kier molecular flexibility index (Phi) is 6.60. The monoisotopic (exact) mass is 374 g/mol. The number of carbonyl (C=O) groups is 3. The number of hydrogen-bond acceptors (Lipinski definition) is 5. The van der Waals surface area contributed by atoms with E-state index >= 15 is 0 Å². The summed E-state index contributed by atoms with van der Waals surface area (Å²) in [5.74, 6) is -0.879. The van der Waals surface area contributed by atoms with Gasteiger partial charge in [-0.05, 0) is 25.3 Å². The fourth-order valence-electron chi connectivity index (χ4n) is 2.69. The molecule has 1 aliphatic heterocycles. The summed E-state index contributed by atoms with van der Waals surface area (Å²) in [6, 6.07) is 8.35. The van der Waals surface area contributed by atoms with Crippen LogP contribution in [0.2, 0.25) is 0 Å². The summed E-state index contributed by atoms with van der Waals surface area (Å²) >= 11 is 0. The van der Waals surface area contributed by atoms with Crippen LogP contribution in [0.15, 0.2) is 42.2 Å². The van der Waals surface area contributed by atoms with Gasteiger partial charge in [0.1, 0.15) is 18.4 Å². The largest absolute Gasteiger partial charge is 0.445 e. The highest BCUT2D eigenvalue weighted by Gasteiger charge is 2.32. The van der Waals surface area contributed by atoms with E-state index in [-0.39, 0.29) is 24.2 Å². The molecule has 27 heavy (non-hydrogen) atoms. The van der Waals surface area contributed by atoms with Gasteiger partial charge in [-0.15, -0.1) is 0 Å². The smallest absolute Gasteiger partial charge is 0.408 e. The Balaban J connectivity index is 1.94. The SMILES string of the molecule is CC(C)[C@H](NC(=O)OCc1ccccc1)C(=O)OC1=CC(=O)NC(C)(C)C1. The van der Waals surface area contributed by atoms with Crippen molar-refractivity contribution in [2.75, 3.05) is 0 Å². The van der Waals surface area contributed by atoms with Gasteiger partial charge in [-0.1, -0.05) is 44.2 Å². The molecule has 0 unspecified atom stereocenters. The quantitative estimate of drug-likeness (QED) is 0.747. The molecule has 2 N–H and O–H groups in total. The second kappa shape index (κ2) is 8.70. The average molecular weight is 374 g/mol. The van der Waals surface area contributed by atoms with Gasteiger partial charge in [0.15, 0.2) is 0 Å². The first-order valence-corrected chi connectivity index (χ1v) is 8.88. The van der Waals surface area contributed by atoms with Gasteiger partial charge in [-0.2, -0.15) is 0 Å². The van der Waals surface area contributed by atoms with E-state index in [1.807, 2.05) is 44.2 Å². The molecule has 0 bridgehead atoms. The van der Waals surface area contributed by atoms with E-state index in [4.69, 9.17) is 9.47 Å². The molecule has 1 aliphatic rings. The number of benzene rings is 1.